The Labute approximate surface area is 95.2 Å². The third-order valence-corrected chi connectivity index (χ3v) is 3.39. The molecule has 0 unspecified atom stereocenters. The molecule has 0 bridgehead atoms. The van der Waals surface area contributed by atoms with E-state index in [1.807, 2.05) is 11.8 Å². The van der Waals surface area contributed by atoms with E-state index in [9.17, 15) is 0 Å². The van der Waals surface area contributed by atoms with Crippen LogP contribution in [0.25, 0.3) is 0 Å². The number of aliphatic hydroxyl groups is 1. The lowest BCUT2D eigenvalue weighted by Crippen LogP contribution is -2.18. The first kappa shape index (κ1) is 13.3. The molecule has 1 N–H and O–H groups in total. The van der Waals surface area contributed by atoms with E-state index in [4.69, 9.17) is 5.11 Å². The van der Waals surface area contributed by atoms with Gasteiger partial charge in [0.2, 0.25) is 0 Å². The van der Waals surface area contributed by atoms with Crippen LogP contribution in [-0.4, -0.2) is 29.0 Å². The van der Waals surface area contributed by atoms with Gasteiger partial charge in [0.1, 0.15) is 0 Å². The van der Waals surface area contributed by atoms with Crippen molar-refractivity contribution in [3.05, 3.63) is 10.6 Å². The molecule has 0 fully saturated rings. The molecule has 1 aliphatic heterocycles. The van der Waals surface area contributed by atoms with Crippen LogP contribution in [0, 0.1) is 0 Å². The van der Waals surface area contributed by atoms with Gasteiger partial charge in [-0.2, -0.15) is 0 Å². The van der Waals surface area contributed by atoms with Gasteiger partial charge in [-0.15, -0.1) is 28.7 Å². The Hall–Kier alpha value is 0.330. The highest BCUT2D eigenvalue weighted by atomic mass is 79.9. The quantitative estimate of drug-likeness (QED) is 0.847. The van der Waals surface area contributed by atoms with Gasteiger partial charge < -0.3 is 10.0 Å². The van der Waals surface area contributed by atoms with E-state index in [-0.39, 0.29) is 23.6 Å². The van der Waals surface area contributed by atoms with Gasteiger partial charge in [-0.05, 0) is 13.3 Å². The fourth-order valence-corrected chi connectivity index (χ4v) is 2.60. The summed E-state index contributed by atoms with van der Waals surface area (Å²) in [5.41, 5.74) is 1.37. The fraction of sp³-hybridized carbons (Fsp3) is 0.778. The second-order valence-corrected chi connectivity index (χ2v) is 4.06. The van der Waals surface area contributed by atoms with Crippen molar-refractivity contribution < 1.29 is 5.11 Å². The van der Waals surface area contributed by atoms with E-state index in [1.54, 1.807) is 0 Å². The van der Waals surface area contributed by atoms with Crippen molar-refractivity contribution in [1.82, 2.24) is 4.90 Å². The largest absolute Gasteiger partial charge is 0.396 e. The molecular weight excluding hydrogens is 250 g/mol. The zero-order chi connectivity index (χ0) is 8.97. The lowest BCUT2D eigenvalue weighted by Gasteiger charge is -2.17. The van der Waals surface area contributed by atoms with Gasteiger partial charge in [0.25, 0.3) is 0 Å². The first-order valence-corrected chi connectivity index (χ1v) is 5.46. The summed E-state index contributed by atoms with van der Waals surface area (Å²) >= 11 is 1.87. The van der Waals surface area contributed by atoms with Crippen molar-refractivity contribution in [3.63, 3.8) is 0 Å². The van der Waals surface area contributed by atoms with Gasteiger partial charge >= 0.3 is 0 Å². The van der Waals surface area contributed by atoms with E-state index < -0.39 is 0 Å². The molecule has 78 valence electrons. The molecule has 0 aromatic carbocycles. The van der Waals surface area contributed by atoms with Crippen molar-refractivity contribution in [1.29, 1.82) is 0 Å². The van der Waals surface area contributed by atoms with Crippen LogP contribution in [0.15, 0.2) is 10.6 Å². The van der Waals surface area contributed by atoms with Crippen molar-refractivity contribution in [3.8, 4) is 0 Å². The summed E-state index contributed by atoms with van der Waals surface area (Å²) in [5, 5.41) is 8.79. The molecule has 13 heavy (non-hydrogen) atoms. The van der Waals surface area contributed by atoms with Crippen LogP contribution in [0.2, 0.25) is 0 Å². The number of nitrogens with zero attached hydrogens (tertiary/aromatic N) is 1. The van der Waals surface area contributed by atoms with Crippen molar-refractivity contribution in [2.24, 2.45) is 0 Å². The minimum absolute atomic E-state index is 0. The van der Waals surface area contributed by atoms with Gasteiger partial charge in [-0.3, -0.25) is 0 Å². The molecule has 0 aromatic rings. The zero-order valence-corrected chi connectivity index (χ0v) is 10.8. The van der Waals surface area contributed by atoms with Crippen LogP contribution in [0.4, 0.5) is 0 Å². The SMILES string of the molecule is Br.CCCN1CSC(CCO)=C1C. The van der Waals surface area contributed by atoms with Crippen molar-refractivity contribution >= 4 is 28.7 Å². The normalized spacial score (nSPS) is 16.4. The number of rotatable bonds is 4. The second-order valence-electron chi connectivity index (χ2n) is 3.02. The summed E-state index contributed by atoms with van der Waals surface area (Å²) in [5.74, 6) is 1.08. The maximum atomic E-state index is 8.79. The summed E-state index contributed by atoms with van der Waals surface area (Å²) in [7, 11) is 0. The molecule has 2 nitrogen and oxygen atoms in total. The molecule has 4 heteroatoms. The Morgan fingerprint density at radius 3 is 2.77 bits per heavy atom. The number of aliphatic hydroxyl groups excluding tert-OH is 1. The Morgan fingerprint density at radius 1 is 1.54 bits per heavy atom. The number of hydrogen-bond acceptors (Lipinski definition) is 3. The Bertz CT molecular complexity index is 184. The van der Waals surface area contributed by atoms with Gasteiger partial charge in [0.15, 0.2) is 0 Å². The van der Waals surface area contributed by atoms with Crippen LogP contribution < -0.4 is 0 Å². The number of hydrogen-bond donors (Lipinski definition) is 1. The summed E-state index contributed by atoms with van der Waals surface area (Å²) in [6, 6.07) is 0. The molecular formula is C9H18BrNOS. The predicted molar refractivity (Wildman–Crippen MR) is 64.2 cm³/mol. The molecule has 0 saturated heterocycles. The minimum atomic E-state index is 0. The first-order chi connectivity index (χ1) is 5.79. The molecule has 0 atom stereocenters. The van der Waals surface area contributed by atoms with Gasteiger partial charge in [0.05, 0.1) is 5.88 Å². The van der Waals surface area contributed by atoms with Crippen molar-refractivity contribution in [2.75, 3.05) is 19.0 Å². The average Bonchev–Trinajstić information content (AvgIpc) is 2.38. The Balaban J connectivity index is 0.00000144. The highest BCUT2D eigenvalue weighted by Gasteiger charge is 2.17. The third-order valence-electron chi connectivity index (χ3n) is 2.10. The smallest absolute Gasteiger partial charge is 0.0680 e. The lowest BCUT2D eigenvalue weighted by molar-refractivity contribution is 0.300. The van der Waals surface area contributed by atoms with Crippen LogP contribution in [-0.2, 0) is 0 Å². The second kappa shape index (κ2) is 6.74. The predicted octanol–water partition coefficient (Wildman–Crippen LogP) is 2.59. The molecule has 1 rings (SSSR count). The van der Waals surface area contributed by atoms with E-state index in [0.717, 1.165) is 18.8 Å². The highest BCUT2D eigenvalue weighted by Crippen LogP contribution is 2.33. The molecule has 1 aliphatic rings. The lowest BCUT2D eigenvalue weighted by atomic mass is 10.3. The molecule has 1 heterocycles. The third kappa shape index (κ3) is 3.52. The summed E-state index contributed by atoms with van der Waals surface area (Å²) in [6.45, 7) is 5.77. The molecule has 0 saturated carbocycles. The van der Waals surface area contributed by atoms with Gasteiger partial charge in [-0.25, -0.2) is 0 Å². The van der Waals surface area contributed by atoms with Crippen LogP contribution in [0.3, 0.4) is 0 Å². The van der Waals surface area contributed by atoms with Crippen LogP contribution >= 0.6 is 28.7 Å². The first-order valence-electron chi connectivity index (χ1n) is 4.48. The minimum Gasteiger partial charge on any atom is -0.396 e. The van der Waals surface area contributed by atoms with Gasteiger partial charge in [0, 0.05) is 30.2 Å². The topological polar surface area (TPSA) is 23.5 Å². The summed E-state index contributed by atoms with van der Waals surface area (Å²) in [4.78, 5) is 3.75. The van der Waals surface area contributed by atoms with E-state index in [0.29, 0.717) is 0 Å². The fourth-order valence-electron chi connectivity index (χ4n) is 1.39. The van der Waals surface area contributed by atoms with Gasteiger partial charge in [-0.1, -0.05) is 6.92 Å². The van der Waals surface area contributed by atoms with E-state index in [2.05, 4.69) is 18.7 Å². The summed E-state index contributed by atoms with van der Waals surface area (Å²) < 4.78 is 0. The molecule has 0 aliphatic carbocycles. The van der Waals surface area contributed by atoms with E-state index in [1.165, 1.54) is 17.0 Å². The van der Waals surface area contributed by atoms with Crippen LogP contribution in [0.1, 0.15) is 26.7 Å². The number of allylic oxidation sites excluding steroid dienone is 1. The number of halogens is 1. The average molecular weight is 268 g/mol. The summed E-state index contributed by atoms with van der Waals surface area (Å²) in [6.07, 6.45) is 2.03. The number of thioether (sulfide) groups is 1. The highest BCUT2D eigenvalue weighted by molar-refractivity contribution is 8.93. The van der Waals surface area contributed by atoms with Crippen molar-refractivity contribution in [2.45, 2.75) is 26.7 Å². The van der Waals surface area contributed by atoms with Crippen LogP contribution in [0.5, 0.6) is 0 Å². The molecule has 0 aromatic heterocycles. The standard InChI is InChI=1S/C9H17NOS.BrH/c1-3-5-10-7-12-9(4-6-11)8(10)2;/h11H,3-7H2,1-2H3;1H. The maximum absolute atomic E-state index is 8.79. The zero-order valence-electron chi connectivity index (χ0n) is 8.25. The Morgan fingerprint density at radius 2 is 2.23 bits per heavy atom. The van der Waals surface area contributed by atoms with E-state index >= 15 is 0 Å². The Kier molecular flexibility index (Phi) is 6.91. The maximum Gasteiger partial charge on any atom is 0.0680 e. The molecule has 0 spiro atoms. The molecule has 0 amide bonds. The molecule has 0 radical (unpaired) electrons. The monoisotopic (exact) mass is 267 g/mol.